The second-order valence-corrected chi connectivity index (χ2v) is 4.14. The van der Waals surface area contributed by atoms with Crippen molar-refractivity contribution in [3.63, 3.8) is 0 Å². The van der Waals surface area contributed by atoms with Crippen molar-refractivity contribution < 1.29 is 0 Å². The SMILES string of the molecule is C1CNCCN1.CCNCCNCCNCCN. The molecule has 1 heterocycles. The highest BCUT2D eigenvalue weighted by Gasteiger charge is 1.91. The quantitative estimate of drug-likeness (QED) is 0.267. The minimum atomic E-state index is 0.720. The molecule has 1 saturated heterocycles. The summed E-state index contributed by atoms with van der Waals surface area (Å²) in [4.78, 5) is 0. The predicted molar refractivity (Wildman–Crippen MR) is 79.1 cm³/mol. The van der Waals surface area contributed by atoms with Gasteiger partial charge in [-0.15, -0.1) is 0 Å². The second kappa shape index (κ2) is 16.8. The first-order chi connectivity index (χ1) is 8.91. The Hall–Kier alpha value is -0.240. The lowest BCUT2D eigenvalue weighted by molar-refractivity contribution is 0.534. The summed E-state index contributed by atoms with van der Waals surface area (Å²) in [5, 5.41) is 16.2. The van der Waals surface area contributed by atoms with Crippen molar-refractivity contribution in [2.24, 2.45) is 5.73 Å². The topological polar surface area (TPSA) is 86.2 Å². The molecule has 0 aromatic heterocycles. The molecule has 1 aliphatic rings. The summed E-state index contributed by atoms with van der Waals surface area (Å²) < 4.78 is 0. The molecule has 0 radical (unpaired) electrons. The van der Waals surface area contributed by atoms with E-state index in [1.165, 1.54) is 0 Å². The molecule has 0 saturated carbocycles. The fourth-order valence-corrected chi connectivity index (χ4v) is 1.49. The van der Waals surface area contributed by atoms with E-state index < -0.39 is 0 Å². The number of nitrogens with two attached hydrogens (primary N) is 1. The average molecular weight is 260 g/mol. The fraction of sp³-hybridized carbons (Fsp3) is 1.00. The fourth-order valence-electron chi connectivity index (χ4n) is 1.49. The molecule has 0 atom stereocenters. The van der Waals surface area contributed by atoms with Gasteiger partial charge in [-0.25, -0.2) is 0 Å². The van der Waals surface area contributed by atoms with Crippen molar-refractivity contribution in [3.05, 3.63) is 0 Å². The summed E-state index contributed by atoms with van der Waals surface area (Å²) in [5.41, 5.74) is 5.32. The number of nitrogens with one attached hydrogen (secondary N) is 5. The van der Waals surface area contributed by atoms with Gasteiger partial charge in [0.2, 0.25) is 0 Å². The summed E-state index contributed by atoms with van der Waals surface area (Å²) in [6, 6.07) is 0. The Morgan fingerprint density at radius 3 is 1.61 bits per heavy atom. The lowest BCUT2D eigenvalue weighted by Crippen LogP contribution is -2.39. The Balaban J connectivity index is 0.000000397. The van der Waals surface area contributed by atoms with Crippen LogP contribution in [0.4, 0.5) is 0 Å². The highest BCUT2D eigenvalue weighted by Crippen LogP contribution is 1.65. The molecular formula is C12H32N6. The van der Waals surface area contributed by atoms with E-state index in [2.05, 4.69) is 33.5 Å². The Bertz CT molecular complexity index is 119. The standard InChI is InChI=1S/C8H22N4.C4H10N2/c1-2-10-5-6-12-8-7-11-4-3-9;1-2-6-4-3-5-1/h10-12H,2-9H2,1H3;5-6H,1-4H2. The molecule has 6 heteroatoms. The molecule has 0 aromatic rings. The van der Waals surface area contributed by atoms with Gasteiger partial charge in [0, 0.05) is 65.4 Å². The Labute approximate surface area is 112 Å². The van der Waals surface area contributed by atoms with E-state index >= 15 is 0 Å². The largest absolute Gasteiger partial charge is 0.329 e. The minimum absolute atomic E-state index is 0.720. The van der Waals surface area contributed by atoms with Crippen molar-refractivity contribution in [1.82, 2.24) is 26.6 Å². The smallest absolute Gasteiger partial charge is 0.00772 e. The molecule has 18 heavy (non-hydrogen) atoms. The molecule has 0 spiro atoms. The number of hydrogen-bond donors (Lipinski definition) is 6. The summed E-state index contributed by atoms with van der Waals surface area (Å²) in [7, 11) is 0. The Morgan fingerprint density at radius 2 is 1.22 bits per heavy atom. The van der Waals surface area contributed by atoms with Crippen LogP contribution in [-0.4, -0.2) is 72.0 Å². The average Bonchev–Trinajstić information content (AvgIpc) is 2.44. The van der Waals surface area contributed by atoms with Gasteiger partial charge in [-0.05, 0) is 6.54 Å². The van der Waals surface area contributed by atoms with E-state index in [4.69, 9.17) is 5.73 Å². The molecule has 0 unspecified atom stereocenters. The van der Waals surface area contributed by atoms with Gasteiger partial charge in [-0.3, -0.25) is 0 Å². The first-order valence-electron chi connectivity index (χ1n) is 7.15. The van der Waals surface area contributed by atoms with E-state index in [-0.39, 0.29) is 0 Å². The van der Waals surface area contributed by atoms with Crippen LogP contribution in [0.25, 0.3) is 0 Å². The highest BCUT2D eigenvalue weighted by atomic mass is 15.0. The predicted octanol–water partition coefficient (Wildman–Crippen LogP) is -2.09. The van der Waals surface area contributed by atoms with E-state index in [1.807, 2.05) is 0 Å². The summed E-state index contributed by atoms with van der Waals surface area (Å²) >= 11 is 0. The molecule has 0 bridgehead atoms. The molecule has 0 aliphatic carbocycles. The molecular weight excluding hydrogens is 228 g/mol. The molecule has 6 nitrogen and oxygen atoms in total. The van der Waals surface area contributed by atoms with Crippen LogP contribution >= 0.6 is 0 Å². The maximum absolute atomic E-state index is 5.32. The number of rotatable bonds is 9. The van der Waals surface area contributed by atoms with Crippen LogP contribution in [0.2, 0.25) is 0 Å². The van der Waals surface area contributed by atoms with E-state index in [1.54, 1.807) is 0 Å². The third-order valence-electron chi connectivity index (χ3n) is 2.49. The molecule has 1 rings (SSSR count). The minimum Gasteiger partial charge on any atom is -0.329 e. The summed E-state index contributed by atoms with van der Waals surface area (Å²) in [6.45, 7) is 13.5. The third kappa shape index (κ3) is 15.8. The first-order valence-corrected chi connectivity index (χ1v) is 7.15. The van der Waals surface area contributed by atoms with Gasteiger partial charge in [-0.2, -0.15) is 0 Å². The second-order valence-electron chi connectivity index (χ2n) is 4.14. The van der Waals surface area contributed by atoms with Gasteiger partial charge < -0.3 is 32.3 Å². The van der Waals surface area contributed by atoms with Crippen LogP contribution < -0.4 is 32.3 Å². The maximum atomic E-state index is 5.32. The van der Waals surface area contributed by atoms with Crippen molar-refractivity contribution in [2.45, 2.75) is 6.92 Å². The molecule has 7 N–H and O–H groups in total. The van der Waals surface area contributed by atoms with Crippen LogP contribution in [0.1, 0.15) is 6.92 Å². The molecule has 0 amide bonds. The lowest BCUT2D eigenvalue weighted by atomic mass is 10.4. The van der Waals surface area contributed by atoms with Gasteiger partial charge >= 0.3 is 0 Å². The zero-order valence-electron chi connectivity index (χ0n) is 11.9. The first kappa shape index (κ1) is 17.8. The highest BCUT2D eigenvalue weighted by molar-refractivity contribution is 4.59. The summed E-state index contributed by atoms with van der Waals surface area (Å²) in [5.74, 6) is 0. The van der Waals surface area contributed by atoms with Crippen LogP contribution in [0.15, 0.2) is 0 Å². The molecule has 1 aliphatic heterocycles. The van der Waals surface area contributed by atoms with Crippen molar-refractivity contribution in [2.75, 3.05) is 72.0 Å². The van der Waals surface area contributed by atoms with Crippen molar-refractivity contribution in [3.8, 4) is 0 Å². The van der Waals surface area contributed by atoms with Gasteiger partial charge in [-0.1, -0.05) is 6.92 Å². The van der Waals surface area contributed by atoms with Crippen molar-refractivity contribution in [1.29, 1.82) is 0 Å². The van der Waals surface area contributed by atoms with Crippen molar-refractivity contribution >= 4 is 0 Å². The zero-order chi connectivity index (χ0) is 13.3. The van der Waals surface area contributed by atoms with Gasteiger partial charge in [0.25, 0.3) is 0 Å². The number of piperazine rings is 1. The molecule has 1 fully saturated rings. The zero-order valence-corrected chi connectivity index (χ0v) is 11.9. The van der Waals surface area contributed by atoms with E-state index in [9.17, 15) is 0 Å². The van der Waals surface area contributed by atoms with Gasteiger partial charge in [0.1, 0.15) is 0 Å². The number of hydrogen-bond acceptors (Lipinski definition) is 6. The van der Waals surface area contributed by atoms with Crippen LogP contribution in [-0.2, 0) is 0 Å². The van der Waals surface area contributed by atoms with Crippen LogP contribution in [0, 0.1) is 0 Å². The van der Waals surface area contributed by atoms with Gasteiger partial charge in [0.05, 0.1) is 0 Å². The van der Waals surface area contributed by atoms with E-state index in [0.717, 1.165) is 72.0 Å². The van der Waals surface area contributed by atoms with Gasteiger partial charge in [0.15, 0.2) is 0 Å². The third-order valence-corrected chi connectivity index (χ3v) is 2.49. The number of likely N-dealkylation sites (N-methyl/N-ethyl adjacent to an activating group) is 1. The molecule has 110 valence electrons. The lowest BCUT2D eigenvalue weighted by Gasteiger charge is -2.11. The molecule has 0 aromatic carbocycles. The Kier molecular flexibility index (Phi) is 16.5. The normalized spacial score (nSPS) is 15.0. The Morgan fingerprint density at radius 1 is 0.778 bits per heavy atom. The monoisotopic (exact) mass is 260 g/mol. The van der Waals surface area contributed by atoms with Crippen LogP contribution in [0.5, 0.6) is 0 Å². The van der Waals surface area contributed by atoms with Crippen LogP contribution in [0.3, 0.4) is 0 Å². The van der Waals surface area contributed by atoms with E-state index in [0.29, 0.717) is 0 Å². The summed E-state index contributed by atoms with van der Waals surface area (Å²) in [6.07, 6.45) is 0. The maximum Gasteiger partial charge on any atom is 0.00772 e.